The predicted octanol–water partition coefficient (Wildman–Crippen LogP) is 3.56. The smallest absolute Gasteiger partial charge is 0.339 e. The minimum Gasteiger partial charge on any atom is -0.462 e. The Balaban J connectivity index is 3.34. The van der Waals surface area contributed by atoms with E-state index in [-0.39, 0.29) is 16.8 Å². The van der Waals surface area contributed by atoms with Crippen molar-refractivity contribution >= 4 is 44.5 Å². The molecule has 0 spiro atoms. The van der Waals surface area contributed by atoms with E-state index in [1.807, 2.05) is 0 Å². The van der Waals surface area contributed by atoms with Crippen LogP contribution in [0.3, 0.4) is 0 Å². The normalized spacial score (nSPS) is 10.6. The molecule has 16 heavy (non-hydrogen) atoms. The van der Waals surface area contributed by atoms with E-state index in [2.05, 4.69) is 20.9 Å². The molecule has 0 radical (unpaired) electrons. The molecule has 0 saturated carbocycles. The molecule has 7 heteroatoms. The Labute approximate surface area is 113 Å². The van der Waals surface area contributed by atoms with E-state index in [0.717, 1.165) is 0 Å². The van der Waals surface area contributed by atoms with Gasteiger partial charge in [0, 0.05) is 9.77 Å². The SMILES string of the molecule is CCOC(=O)c1c(I)cnc(Br)c1C(F)F. The zero-order valence-electron chi connectivity index (χ0n) is 8.14. The first-order valence-electron chi connectivity index (χ1n) is 4.28. The molecule has 3 nitrogen and oxygen atoms in total. The van der Waals surface area contributed by atoms with E-state index >= 15 is 0 Å². The lowest BCUT2D eigenvalue weighted by Crippen LogP contribution is -2.12. The summed E-state index contributed by atoms with van der Waals surface area (Å²) in [6, 6.07) is 0. The van der Waals surface area contributed by atoms with Gasteiger partial charge in [0.2, 0.25) is 0 Å². The summed E-state index contributed by atoms with van der Waals surface area (Å²) in [6.07, 6.45) is -1.45. The summed E-state index contributed by atoms with van der Waals surface area (Å²) in [5.74, 6) is -0.759. The monoisotopic (exact) mass is 405 g/mol. The van der Waals surface area contributed by atoms with E-state index in [4.69, 9.17) is 4.74 Å². The third-order valence-electron chi connectivity index (χ3n) is 1.72. The molecule has 1 rings (SSSR count). The van der Waals surface area contributed by atoms with Gasteiger partial charge in [-0.25, -0.2) is 18.6 Å². The first-order valence-corrected chi connectivity index (χ1v) is 6.15. The Morgan fingerprint density at radius 1 is 1.69 bits per heavy atom. The third kappa shape index (κ3) is 2.88. The first-order chi connectivity index (χ1) is 7.49. The van der Waals surface area contributed by atoms with Gasteiger partial charge < -0.3 is 4.74 Å². The van der Waals surface area contributed by atoms with Crippen LogP contribution in [0.4, 0.5) is 8.78 Å². The Morgan fingerprint density at radius 2 is 2.31 bits per heavy atom. The molecule has 0 amide bonds. The fourth-order valence-electron chi connectivity index (χ4n) is 1.09. The second-order valence-corrected chi connectivity index (χ2v) is 4.62. The molecule has 0 aliphatic carbocycles. The topological polar surface area (TPSA) is 39.2 Å². The van der Waals surface area contributed by atoms with Crippen molar-refractivity contribution in [1.29, 1.82) is 0 Å². The van der Waals surface area contributed by atoms with Crippen molar-refractivity contribution in [2.24, 2.45) is 0 Å². The van der Waals surface area contributed by atoms with Gasteiger partial charge in [0.05, 0.1) is 17.7 Å². The number of hydrogen-bond donors (Lipinski definition) is 0. The van der Waals surface area contributed by atoms with Gasteiger partial charge in [0.15, 0.2) is 0 Å². The van der Waals surface area contributed by atoms with Crippen LogP contribution in [0.15, 0.2) is 10.8 Å². The number of aromatic nitrogens is 1. The van der Waals surface area contributed by atoms with Gasteiger partial charge in [-0.3, -0.25) is 0 Å². The maximum Gasteiger partial charge on any atom is 0.339 e. The van der Waals surface area contributed by atoms with Crippen molar-refractivity contribution in [2.45, 2.75) is 13.3 Å². The van der Waals surface area contributed by atoms with E-state index in [9.17, 15) is 13.6 Å². The van der Waals surface area contributed by atoms with Crippen molar-refractivity contribution in [3.8, 4) is 0 Å². The number of pyridine rings is 1. The molecule has 88 valence electrons. The van der Waals surface area contributed by atoms with Crippen LogP contribution in [0.2, 0.25) is 0 Å². The molecule has 0 atom stereocenters. The van der Waals surface area contributed by atoms with Crippen LogP contribution >= 0.6 is 38.5 Å². The van der Waals surface area contributed by atoms with Gasteiger partial charge in [0.1, 0.15) is 4.60 Å². The van der Waals surface area contributed by atoms with Crippen LogP contribution in [0, 0.1) is 3.57 Å². The molecule has 1 heterocycles. The van der Waals surface area contributed by atoms with E-state index in [1.165, 1.54) is 6.20 Å². The van der Waals surface area contributed by atoms with Crippen LogP contribution in [-0.4, -0.2) is 17.6 Å². The lowest BCUT2D eigenvalue weighted by atomic mass is 10.1. The number of hydrogen-bond acceptors (Lipinski definition) is 3. The van der Waals surface area contributed by atoms with E-state index in [0.29, 0.717) is 3.57 Å². The molecule has 0 unspecified atom stereocenters. The molecule has 1 aromatic heterocycles. The fraction of sp³-hybridized carbons (Fsp3) is 0.333. The lowest BCUT2D eigenvalue weighted by Gasteiger charge is -2.11. The van der Waals surface area contributed by atoms with Crippen molar-refractivity contribution in [3.05, 3.63) is 25.5 Å². The zero-order valence-corrected chi connectivity index (χ0v) is 11.9. The molecule has 0 N–H and O–H groups in total. The second kappa shape index (κ2) is 5.85. The number of alkyl halides is 2. The van der Waals surface area contributed by atoms with Gasteiger partial charge >= 0.3 is 5.97 Å². The van der Waals surface area contributed by atoms with Crippen LogP contribution < -0.4 is 0 Å². The Morgan fingerprint density at radius 3 is 2.81 bits per heavy atom. The van der Waals surface area contributed by atoms with Gasteiger partial charge in [-0.1, -0.05) is 0 Å². The molecule has 0 aliphatic heterocycles. The summed E-state index contributed by atoms with van der Waals surface area (Å²) < 4.78 is 30.6. The van der Waals surface area contributed by atoms with E-state index in [1.54, 1.807) is 29.5 Å². The van der Waals surface area contributed by atoms with Crippen LogP contribution in [0.1, 0.15) is 29.3 Å². The van der Waals surface area contributed by atoms with Crippen LogP contribution in [0.25, 0.3) is 0 Å². The molecule has 1 aromatic rings. The van der Waals surface area contributed by atoms with Gasteiger partial charge in [-0.15, -0.1) is 0 Å². The number of ether oxygens (including phenoxy) is 1. The standard InChI is InChI=1S/C9H7BrF2INO2/c1-2-16-9(15)5-4(13)3-14-7(10)6(5)8(11)12/h3,8H,2H2,1H3. The summed E-state index contributed by atoms with van der Waals surface area (Å²) >= 11 is 4.67. The predicted molar refractivity (Wildman–Crippen MR) is 65.6 cm³/mol. The number of carbonyl (C=O) groups is 1. The molecule has 0 aromatic carbocycles. The molecule has 0 bridgehead atoms. The van der Waals surface area contributed by atoms with Gasteiger partial charge in [0.25, 0.3) is 6.43 Å². The van der Waals surface area contributed by atoms with Crippen LogP contribution in [-0.2, 0) is 4.74 Å². The molecule has 0 aliphatic rings. The highest BCUT2D eigenvalue weighted by Crippen LogP contribution is 2.32. The fourth-order valence-corrected chi connectivity index (χ4v) is 2.21. The number of nitrogens with zero attached hydrogens (tertiary/aromatic N) is 1. The Bertz CT molecular complexity index is 415. The number of carbonyl (C=O) groups excluding carboxylic acids is 1. The number of esters is 1. The van der Waals surface area contributed by atoms with Crippen molar-refractivity contribution in [3.63, 3.8) is 0 Å². The van der Waals surface area contributed by atoms with Crippen molar-refractivity contribution in [1.82, 2.24) is 4.98 Å². The van der Waals surface area contributed by atoms with Crippen molar-refractivity contribution < 1.29 is 18.3 Å². The molecular weight excluding hydrogens is 399 g/mol. The quantitative estimate of drug-likeness (QED) is 0.438. The van der Waals surface area contributed by atoms with E-state index < -0.39 is 18.0 Å². The third-order valence-corrected chi connectivity index (χ3v) is 3.17. The highest BCUT2D eigenvalue weighted by molar-refractivity contribution is 14.1. The van der Waals surface area contributed by atoms with Crippen molar-refractivity contribution in [2.75, 3.05) is 6.61 Å². The number of rotatable bonds is 3. The molecule has 0 saturated heterocycles. The largest absolute Gasteiger partial charge is 0.462 e. The maximum absolute atomic E-state index is 12.8. The minimum atomic E-state index is -2.78. The number of halogens is 4. The van der Waals surface area contributed by atoms with Gasteiger partial charge in [-0.2, -0.15) is 0 Å². The summed E-state index contributed by atoms with van der Waals surface area (Å²) in [6.45, 7) is 1.75. The average molecular weight is 406 g/mol. The highest BCUT2D eigenvalue weighted by Gasteiger charge is 2.25. The lowest BCUT2D eigenvalue weighted by molar-refractivity contribution is 0.0513. The minimum absolute atomic E-state index is 0.0361. The highest BCUT2D eigenvalue weighted by atomic mass is 127. The summed E-state index contributed by atoms with van der Waals surface area (Å²) in [7, 11) is 0. The first kappa shape index (κ1) is 13.8. The van der Waals surface area contributed by atoms with Gasteiger partial charge in [-0.05, 0) is 45.4 Å². The zero-order chi connectivity index (χ0) is 12.3. The summed E-state index contributed by atoms with van der Waals surface area (Å²) in [5, 5.41) is 0. The Hall–Kier alpha value is -0.310. The van der Waals surface area contributed by atoms with Crippen LogP contribution in [0.5, 0.6) is 0 Å². The molecule has 0 fully saturated rings. The second-order valence-electron chi connectivity index (χ2n) is 2.71. The average Bonchev–Trinajstić information content (AvgIpc) is 2.20. The summed E-state index contributed by atoms with van der Waals surface area (Å²) in [4.78, 5) is 15.3. The summed E-state index contributed by atoms with van der Waals surface area (Å²) in [5.41, 5.74) is -0.551. The molecular formula is C9H7BrF2INO2. The maximum atomic E-state index is 12.8. The Kier molecular flexibility index (Phi) is 5.03.